The third-order valence-corrected chi connectivity index (χ3v) is 5.97. The smallest absolute Gasteiger partial charge is 0.348 e. The highest BCUT2D eigenvalue weighted by molar-refractivity contribution is 7.20. The number of piperidine rings is 1. The Morgan fingerprint density at radius 2 is 2.04 bits per heavy atom. The number of H-pyrrole nitrogens is 1. The van der Waals surface area contributed by atoms with Crippen molar-refractivity contribution < 1.29 is 19.1 Å². The molecule has 1 saturated heterocycles. The fourth-order valence-electron chi connectivity index (χ4n) is 3.35. The molecule has 0 spiro atoms. The summed E-state index contributed by atoms with van der Waals surface area (Å²) in [4.78, 5) is 46.6. The first kappa shape index (κ1) is 19.5. The molecule has 0 radical (unpaired) electrons. The van der Waals surface area contributed by atoms with E-state index in [0.717, 1.165) is 25.9 Å². The molecule has 0 saturated carbocycles. The number of likely N-dealkylation sites (tertiary alicyclic amines) is 1. The van der Waals surface area contributed by atoms with Crippen LogP contribution in [0.25, 0.3) is 10.2 Å². The van der Waals surface area contributed by atoms with Gasteiger partial charge in [0.2, 0.25) is 0 Å². The van der Waals surface area contributed by atoms with Gasteiger partial charge in [-0.25, -0.2) is 9.78 Å². The van der Waals surface area contributed by atoms with E-state index in [0.29, 0.717) is 39.6 Å². The number of carbonyl (C=O) groups is 2. The second-order valence-electron chi connectivity index (χ2n) is 6.54. The number of hydrogen-bond acceptors (Lipinski definition) is 8. The lowest BCUT2D eigenvalue weighted by Gasteiger charge is -2.30. The standard InChI is InChI=1S/C18H23N3O5S/c1-4-26-17(23)11-5-7-21(8-6-11)9-12-19-15(22)13-10(2)14(18(24)25-3)27-16(13)20-12/h11H,4-9H2,1-3H3,(H,19,20,22). The Morgan fingerprint density at radius 3 is 2.67 bits per heavy atom. The minimum atomic E-state index is -0.461. The number of ether oxygens (including phenoxy) is 2. The highest BCUT2D eigenvalue weighted by Crippen LogP contribution is 2.28. The number of hydrogen-bond donors (Lipinski definition) is 1. The Hall–Kier alpha value is -2.26. The maximum atomic E-state index is 12.5. The van der Waals surface area contributed by atoms with Crippen molar-refractivity contribution in [2.45, 2.75) is 33.2 Å². The van der Waals surface area contributed by atoms with Crippen molar-refractivity contribution in [1.82, 2.24) is 14.9 Å². The van der Waals surface area contributed by atoms with Crippen molar-refractivity contribution in [3.8, 4) is 0 Å². The van der Waals surface area contributed by atoms with E-state index in [-0.39, 0.29) is 17.4 Å². The summed E-state index contributed by atoms with van der Waals surface area (Å²) in [7, 11) is 1.31. The number of fused-ring (bicyclic) bond motifs is 1. The van der Waals surface area contributed by atoms with Crippen LogP contribution < -0.4 is 5.56 Å². The molecule has 0 atom stereocenters. The van der Waals surface area contributed by atoms with Gasteiger partial charge in [0.1, 0.15) is 15.5 Å². The van der Waals surface area contributed by atoms with Gasteiger partial charge in [-0.2, -0.15) is 0 Å². The monoisotopic (exact) mass is 393 g/mol. The Balaban J connectivity index is 1.74. The number of nitrogens with one attached hydrogen (secondary N) is 1. The van der Waals surface area contributed by atoms with Crippen LogP contribution >= 0.6 is 11.3 Å². The van der Waals surface area contributed by atoms with Crippen LogP contribution in [0.1, 0.15) is 40.8 Å². The molecule has 27 heavy (non-hydrogen) atoms. The lowest BCUT2D eigenvalue weighted by molar-refractivity contribution is -0.149. The predicted octanol–water partition coefficient (Wildman–Crippen LogP) is 1.85. The third kappa shape index (κ3) is 4.03. The van der Waals surface area contributed by atoms with Crippen LogP contribution in [0.2, 0.25) is 0 Å². The molecule has 1 N–H and O–H groups in total. The number of carbonyl (C=O) groups excluding carboxylic acids is 2. The second-order valence-corrected chi connectivity index (χ2v) is 7.54. The number of thiophene rings is 1. The maximum Gasteiger partial charge on any atom is 0.348 e. The number of aryl methyl sites for hydroxylation is 1. The van der Waals surface area contributed by atoms with Crippen LogP contribution in [0.5, 0.6) is 0 Å². The van der Waals surface area contributed by atoms with Crippen LogP contribution in [0.3, 0.4) is 0 Å². The number of methoxy groups -OCH3 is 1. The minimum Gasteiger partial charge on any atom is -0.466 e. The Bertz CT molecular complexity index is 912. The van der Waals surface area contributed by atoms with Crippen molar-refractivity contribution in [3.05, 3.63) is 26.6 Å². The van der Waals surface area contributed by atoms with Crippen LogP contribution in [0, 0.1) is 12.8 Å². The van der Waals surface area contributed by atoms with Crippen molar-refractivity contribution in [2.75, 3.05) is 26.8 Å². The molecule has 1 aliphatic heterocycles. The number of esters is 2. The van der Waals surface area contributed by atoms with E-state index in [9.17, 15) is 14.4 Å². The molecule has 3 rings (SSSR count). The summed E-state index contributed by atoms with van der Waals surface area (Å²) >= 11 is 1.17. The van der Waals surface area contributed by atoms with Crippen LogP contribution in [0.15, 0.2) is 4.79 Å². The first-order valence-electron chi connectivity index (χ1n) is 8.94. The molecule has 146 valence electrons. The molecule has 9 heteroatoms. The van der Waals surface area contributed by atoms with Gasteiger partial charge in [0.15, 0.2) is 0 Å². The normalized spacial score (nSPS) is 15.8. The van der Waals surface area contributed by atoms with Crippen LogP contribution in [0.4, 0.5) is 0 Å². The number of rotatable bonds is 5. The van der Waals surface area contributed by atoms with Crippen molar-refractivity contribution >= 4 is 33.5 Å². The van der Waals surface area contributed by atoms with Crippen molar-refractivity contribution in [1.29, 1.82) is 0 Å². The molecule has 0 unspecified atom stereocenters. The van der Waals surface area contributed by atoms with E-state index in [1.165, 1.54) is 18.4 Å². The highest BCUT2D eigenvalue weighted by atomic mass is 32.1. The fourth-order valence-corrected chi connectivity index (χ4v) is 4.47. The Morgan fingerprint density at radius 1 is 1.33 bits per heavy atom. The zero-order chi connectivity index (χ0) is 19.6. The fraction of sp³-hybridized carbons (Fsp3) is 0.556. The number of nitrogens with zero attached hydrogens (tertiary/aromatic N) is 2. The van der Waals surface area contributed by atoms with Gasteiger partial charge in [0.25, 0.3) is 5.56 Å². The number of aromatic amines is 1. The summed E-state index contributed by atoms with van der Waals surface area (Å²) in [6.45, 7) is 5.90. The SMILES string of the molecule is CCOC(=O)C1CCN(Cc2nc3sc(C(=O)OC)c(C)c3c(=O)[nH]2)CC1. The minimum absolute atomic E-state index is 0.0572. The first-order valence-corrected chi connectivity index (χ1v) is 9.75. The molecule has 0 aliphatic carbocycles. The van der Waals surface area contributed by atoms with Gasteiger partial charge < -0.3 is 14.5 Å². The van der Waals surface area contributed by atoms with Gasteiger partial charge in [0.05, 0.1) is 31.6 Å². The Labute approximate surface area is 160 Å². The average molecular weight is 393 g/mol. The van der Waals surface area contributed by atoms with E-state index < -0.39 is 5.97 Å². The molecule has 2 aromatic rings. The molecule has 0 aromatic carbocycles. The molecule has 0 amide bonds. The molecule has 3 heterocycles. The number of aromatic nitrogens is 2. The topological polar surface area (TPSA) is 102 Å². The summed E-state index contributed by atoms with van der Waals surface area (Å²) in [5, 5.41) is 0.435. The van der Waals surface area contributed by atoms with E-state index in [2.05, 4.69) is 14.9 Å². The van der Waals surface area contributed by atoms with E-state index in [1.54, 1.807) is 6.92 Å². The van der Waals surface area contributed by atoms with E-state index in [1.807, 2.05) is 6.92 Å². The maximum absolute atomic E-state index is 12.5. The zero-order valence-electron chi connectivity index (χ0n) is 15.7. The average Bonchev–Trinajstić information content (AvgIpc) is 2.99. The van der Waals surface area contributed by atoms with Gasteiger partial charge in [-0.05, 0) is 45.3 Å². The van der Waals surface area contributed by atoms with E-state index in [4.69, 9.17) is 9.47 Å². The van der Waals surface area contributed by atoms with Gasteiger partial charge >= 0.3 is 11.9 Å². The quantitative estimate of drug-likeness (QED) is 0.774. The molecule has 8 nitrogen and oxygen atoms in total. The lowest BCUT2D eigenvalue weighted by Crippen LogP contribution is -2.37. The van der Waals surface area contributed by atoms with Gasteiger partial charge in [-0.1, -0.05) is 0 Å². The highest BCUT2D eigenvalue weighted by Gasteiger charge is 2.26. The van der Waals surface area contributed by atoms with Crippen LogP contribution in [-0.4, -0.2) is 53.6 Å². The lowest BCUT2D eigenvalue weighted by atomic mass is 9.97. The summed E-state index contributed by atoms with van der Waals surface area (Å²) < 4.78 is 9.86. The molecule has 0 bridgehead atoms. The molecule has 2 aromatic heterocycles. The molecule has 1 aliphatic rings. The Kier molecular flexibility index (Phi) is 5.91. The van der Waals surface area contributed by atoms with Crippen molar-refractivity contribution in [3.63, 3.8) is 0 Å². The van der Waals surface area contributed by atoms with Crippen molar-refractivity contribution in [2.24, 2.45) is 5.92 Å². The largest absolute Gasteiger partial charge is 0.466 e. The predicted molar refractivity (Wildman–Crippen MR) is 101 cm³/mol. The summed E-state index contributed by atoms with van der Waals surface area (Å²) in [6, 6.07) is 0. The first-order chi connectivity index (χ1) is 12.9. The molecule has 1 fully saturated rings. The zero-order valence-corrected chi connectivity index (χ0v) is 16.5. The summed E-state index contributed by atoms with van der Waals surface area (Å²) in [5.74, 6) is -0.0926. The van der Waals surface area contributed by atoms with E-state index >= 15 is 0 Å². The molecular weight excluding hydrogens is 370 g/mol. The van der Waals surface area contributed by atoms with Gasteiger partial charge in [-0.15, -0.1) is 11.3 Å². The second kappa shape index (κ2) is 8.18. The summed E-state index contributed by atoms with van der Waals surface area (Å²) in [5.41, 5.74) is 0.345. The van der Waals surface area contributed by atoms with Gasteiger partial charge in [-0.3, -0.25) is 14.5 Å². The summed E-state index contributed by atoms with van der Waals surface area (Å²) in [6.07, 6.45) is 1.46. The van der Waals surface area contributed by atoms with Gasteiger partial charge in [0, 0.05) is 0 Å². The third-order valence-electron chi connectivity index (χ3n) is 4.80. The molecular formula is C18H23N3O5S. The van der Waals surface area contributed by atoms with Crippen LogP contribution in [-0.2, 0) is 20.8 Å².